The molecule has 0 saturated heterocycles. The fraction of sp³-hybridized carbons (Fsp3) is 0.235. The summed E-state index contributed by atoms with van der Waals surface area (Å²) in [6.07, 6.45) is 1.02. The molecule has 5 nitrogen and oxygen atoms in total. The van der Waals surface area contributed by atoms with Crippen molar-refractivity contribution in [3.63, 3.8) is 0 Å². The number of aryl methyl sites for hydroxylation is 1. The molecule has 2 aromatic carbocycles. The average molecular weight is 401 g/mol. The quantitative estimate of drug-likeness (QED) is 0.821. The van der Waals surface area contributed by atoms with Crippen molar-refractivity contribution in [3.8, 4) is 0 Å². The summed E-state index contributed by atoms with van der Waals surface area (Å²) in [7, 11) is -3.77. The van der Waals surface area contributed by atoms with Gasteiger partial charge < -0.3 is 5.32 Å². The SMILES string of the molecule is Cc1ccccc1NC(=O)[C@H](C)N(c1cc(Cl)ccc1Cl)S(C)(=O)=O. The van der Waals surface area contributed by atoms with Gasteiger partial charge in [-0.3, -0.25) is 9.10 Å². The molecule has 0 fully saturated rings. The van der Waals surface area contributed by atoms with Crippen LogP contribution in [0, 0.1) is 6.92 Å². The summed E-state index contributed by atoms with van der Waals surface area (Å²) >= 11 is 12.1. The first-order valence-electron chi connectivity index (χ1n) is 7.42. The standard InChI is InChI=1S/C17H18Cl2N2O3S/c1-11-6-4-5-7-15(11)20-17(22)12(2)21(25(3,23)24)16-10-13(18)8-9-14(16)19/h4-10,12H,1-3H3,(H,20,22)/t12-/m0/s1. The summed E-state index contributed by atoms with van der Waals surface area (Å²) in [6, 6.07) is 10.7. The molecule has 0 bridgehead atoms. The van der Waals surface area contributed by atoms with Gasteiger partial charge in [0.05, 0.1) is 17.0 Å². The van der Waals surface area contributed by atoms with E-state index < -0.39 is 22.0 Å². The number of benzene rings is 2. The molecule has 0 aromatic heterocycles. The van der Waals surface area contributed by atoms with Crippen molar-refractivity contribution in [1.29, 1.82) is 0 Å². The van der Waals surface area contributed by atoms with Crippen molar-refractivity contribution < 1.29 is 13.2 Å². The first-order valence-corrected chi connectivity index (χ1v) is 10.0. The van der Waals surface area contributed by atoms with Gasteiger partial charge in [0.1, 0.15) is 6.04 Å². The number of hydrogen-bond acceptors (Lipinski definition) is 3. The molecule has 2 aromatic rings. The number of nitrogens with one attached hydrogen (secondary N) is 1. The second-order valence-electron chi connectivity index (χ2n) is 5.63. The van der Waals surface area contributed by atoms with Crippen molar-refractivity contribution in [2.24, 2.45) is 0 Å². The van der Waals surface area contributed by atoms with Gasteiger partial charge in [-0.1, -0.05) is 41.4 Å². The van der Waals surface area contributed by atoms with E-state index in [1.165, 1.54) is 19.1 Å². The Morgan fingerprint density at radius 1 is 1.16 bits per heavy atom. The maximum absolute atomic E-state index is 12.6. The minimum Gasteiger partial charge on any atom is -0.324 e. The Labute approximate surface area is 157 Å². The van der Waals surface area contributed by atoms with E-state index in [-0.39, 0.29) is 10.7 Å². The largest absolute Gasteiger partial charge is 0.324 e. The smallest absolute Gasteiger partial charge is 0.248 e. The molecule has 0 radical (unpaired) electrons. The second kappa shape index (κ2) is 7.64. The third kappa shape index (κ3) is 4.66. The third-order valence-corrected chi connectivity index (χ3v) is 5.42. The maximum Gasteiger partial charge on any atom is 0.248 e. The molecule has 0 heterocycles. The molecule has 0 aliphatic carbocycles. The zero-order valence-electron chi connectivity index (χ0n) is 14.0. The van der Waals surface area contributed by atoms with Crippen LogP contribution in [0.5, 0.6) is 0 Å². The lowest BCUT2D eigenvalue weighted by Crippen LogP contribution is -2.45. The number of rotatable bonds is 5. The molecule has 0 saturated carbocycles. The minimum absolute atomic E-state index is 0.157. The summed E-state index contributed by atoms with van der Waals surface area (Å²) in [4.78, 5) is 12.6. The molecule has 25 heavy (non-hydrogen) atoms. The van der Waals surface area contributed by atoms with Gasteiger partial charge in [-0.2, -0.15) is 0 Å². The lowest BCUT2D eigenvalue weighted by atomic mass is 10.2. The normalized spacial score (nSPS) is 12.5. The van der Waals surface area contributed by atoms with Crippen LogP contribution < -0.4 is 9.62 Å². The molecule has 0 spiro atoms. The van der Waals surface area contributed by atoms with Crippen LogP contribution in [0.4, 0.5) is 11.4 Å². The predicted octanol–water partition coefficient (Wildman–Crippen LogP) is 4.10. The van der Waals surface area contributed by atoms with Crippen LogP contribution in [0.15, 0.2) is 42.5 Å². The van der Waals surface area contributed by atoms with E-state index in [0.717, 1.165) is 16.1 Å². The number of anilines is 2. The Morgan fingerprint density at radius 2 is 1.80 bits per heavy atom. The summed E-state index contributed by atoms with van der Waals surface area (Å²) < 4.78 is 25.6. The maximum atomic E-state index is 12.6. The molecule has 8 heteroatoms. The van der Waals surface area contributed by atoms with E-state index in [9.17, 15) is 13.2 Å². The average Bonchev–Trinajstić information content (AvgIpc) is 2.51. The van der Waals surface area contributed by atoms with Crippen LogP contribution in [0.2, 0.25) is 10.0 Å². The highest BCUT2D eigenvalue weighted by Crippen LogP contribution is 2.32. The molecular formula is C17H18Cl2N2O3S. The van der Waals surface area contributed by atoms with E-state index in [2.05, 4.69) is 5.32 Å². The van der Waals surface area contributed by atoms with Gasteiger partial charge in [0.25, 0.3) is 0 Å². The first kappa shape index (κ1) is 19.6. The number of halogens is 2. The molecular weight excluding hydrogens is 383 g/mol. The summed E-state index contributed by atoms with van der Waals surface area (Å²) in [6.45, 7) is 3.34. The van der Waals surface area contributed by atoms with E-state index >= 15 is 0 Å². The molecule has 134 valence electrons. The van der Waals surface area contributed by atoms with Gasteiger partial charge in [0, 0.05) is 10.7 Å². The molecule has 2 rings (SSSR count). The van der Waals surface area contributed by atoms with Gasteiger partial charge in [-0.25, -0.2) is 8.42 Å². The zero-order valence-corrected chi connectivity index (χ0v) is 16.3. The number of nitrogens with zero attached hydrogens (tertiary/aromatic N) is 1. The number of carbonyl (C=O) groups is 1. The van der Waals surface area contributed by atoms with Crippen LogP contribution in [-0.2, 0) is 14.8 Å². The summed E-state index contributed by atoms with van der Waals surface area (Å²) in [5.41, 5.74) is 1.64. The van der Waals surface area contributed by atoms with Crippen LogP contribution in [0.3, 0.4) is 0 Å². The zero-order chi connectivity index (χ0) is 18.8. The fourth-order valence-electron chi connectivity index (χ4n) is 2.39. The van der Waals surface area contributed by atoms with Gasteiger partial charge in [-0.15, -0.1) is 0 Å². The van der Waals surface area contributed by atoms with Gasteiger partial charge in [0.2, 0.25) is 15.9 Å². The van der Waals surface area contributed by atoms with E-state index in [4.69, 9.17) is 23.2 Å². The van der Waals surface area contributed by atoms with Crippen molar-refractivity contribution in [1.82, 2.24) is 0 Å². The highest BCUT2D eigenvalue weighted by Gasteiger charge is 2.31. The summed E-state index contributed by atoms with van der Waals surface area (Å²) in [5.74, 6) is -0.476. The van der Waals surface area contributed by atoms with Gasteiger partial charge in [0.15, 0.2) is 0 Å². The number of amides is 1. The number of sulfonamides is 1. The monoisotopic (exact) mass is 400 g/mol. The molecule has 1 amide bonds. The number of carbonyl (C=O) groups excluding carboxylic acids is 1. The topological polar surface area (TPSA) is 66.5 Å². The van der Waals surface area contributed by atoms with Crippen LogP contribution in [0.1, 0.15) is 12.5 Å². The van der Waals surface area contributed by atoms with E-state index in [1.54, 1.807) is 18.2 Å². The molecule has 1 atom stereocenters. The Bertz CT molecular complexity index is 901. The highest BCUT2D eigenvalue weighted by atomic mass is 35.5. The molecule has 0 aliphatic rings. The fourth-order valence-corrected chi connectivity index (χ4v) is 3.99. The Hall–Kier alpha value is -1.76. The lowest BCUT2D eigenvalue weighted by molar-refractivity contribution is -0.116. The lowest BCUT2D eigenvalue weighted by Gasteiger charge is -2.29. The van der Waals surface area contributed by atoms with Crippen molar-refractivity contribution in [3.05, 3.63) is 58.1 Å². The van der Waals surface area contributed by atoms with E-state index in [0.29, 0.717) is 10.7 Å². The van der Waals surface area contributed by atoms with Crippen molar-refractivity contribution >= 4 is 50.5 Å². The number of para-hydroxylation sites is 1. The Morgan fingerprint density at radius 3 is 2.40 bits per heavy atom. The van der Waals surface area contributed by atoms with Crippen molar-refractivity contribution in [2.75, 3.05) is 15.9 Å². The van der Waals surface area contributed by atoms with Crippen LogP contribution in [0.25, 0.3) is 0 Å². The van der Waals surface area contributed by atoms with Crippen molar-refractivity contribution in [2.45, 2.75) is 19.9 Å². The molecule has 0 aliphatic heterocycles. The molecule has 0 unspecified atom stereocenters. The summed E-state index contributed by atoms with van der Waals surface area (Å²) in [5, 5.41) is 3.25. The number of hydrogen-bond donors (Lipinski definition) is 1. The second-order valence-corrected chi connectivity index (χ2v) is 8.34. The van der Waals surface area contributed by atoms with Gasteiger partial charge >= 0.3 is 0 Å². The Kier molecular flexibility index (Phi) is 5.98. The van der Waals surface area contributed by atoms with E-state index in [1.807, 2.05) is 19.1 Å². The predicted molar refractivity (Wildman–Crippen MR) is 103 cm³/mol. The van der Waals surface area contributed by atoms with Gasteiger partial charge in [-0.05, 0) is 43.7 Å². The third-order valence-electron chi connectivity index (χ3n) is 3.64. The minimum atomic E-state index is -3.77. The van der Waals surface area contributed by atoms with Crippen LogP contribution >= 0.6 is 23.2 Å². The highest BCUT2D eigenvalue weighted by molar-refractivity contribution is 7.92. The Balaban J connectivity index is 2.40. The first-order chi connectivity index (χ1) is 11.6. The molecule has 1 N–H and O–H groups in total. The van der Waals surface area contributed by atoms with Crippen LogP contribution in [-0.4, -0.2) is 26.6 Å².